The topological polar surface area (TPSA) is 91.2 Å². The van der Waals surface area contributed by atoms with Gasteiger partial charge in [-0.2, -0.15) is 9.99 Å². The Morgan fingerprint density at radius 2 is 2.03 bits per heavy atom. The molecule has 0 spiro atoms. The lowest BCUT2D eigenvalue weighted by molar-refractivity contribution is -0.605. The van der Waals surface area contributed by atoms with Crippen LogP contribution in [-0.4, -0.2) is 28.9 Å². The average Bonchev–Trinajstić information content (AvgIpc) is 3.03. The van der Waals surface area contributed by atoms with Crippen LogP contribution in [0.5, 0.6) is 0 Å². The van der Waals surface area contributed by atoms with E-state index < -0.39 is 0 Å². The molecule has 190 valence electrons. The van der Waals surface area contributed by atoms with Gasteiger partial charge in [-0.05, 0) is 88.5 Å². The Labute approximate surface area is 238 Å². The summed E-state index contributed by atoms with van der Waals surface area (Å²) >= 11 is 13.9. The zero-order chi connectivity index (χ0) is 25.9. The Kier molecular flexibility index (Phi) is 7.98. The highest BCUT2D eigenvalue weighted by Gasteiger charge is 2.36. The Hall–Kier alpha value is -2.67. The Morgan fingerprint density at radius 3 is 2.78 bits per heavy atom. The number of fused-ring (bicyclic) bond motifs is 2. The van der Waals surface area contributed by atoms with Gasteiger partial charge in [0.1, 0.15) is 0 Å². The lowest BCUT2D eigenvalue weighted by atomic mass is 9.76. The molecule has 2 aromatic heterocycles. The summed E-state index contributed by atoms with van der Waals surface area (Å²) < 4.78 is 2.78. The number of halogens is 3. The summed E-state index contributed by atoms with van der Waals surface area (Å²) in [6.45, 7) is 1.84. The van der Waals surface area contributed by atoms with Crippen molar-refractivity contribution in [3.8, 4) is 6.19 Å². The molecule has 37 heavy (non-hydrogen) atoms. The number of aryl methyl sites for hydroxylation is 2. The van der Waals surface area contributed by atoms with Crippen LogP contribution in [0.15, 0.2) is 62.9 Å². The average molecular weight is 645 g/mol. The van der Waals surface area contributed by atoms with E-state index in [1.165, 1.54) is 29.1 Å². The molecule has 0 amide bonds. The third-order valence-corrected chi connectivity index (χ3v) is 8.45. The van der Waals surface area contributed by atoms with Gasteiger partial charge in [-0.1, -0.05) is 27.5 Å². The lowest BCUT2D eigenvalue weighted by Gasteiger charge is -2.38. The van der Waals surface area contributed by atoms with Gasteiger partial charge in [0.05, 0.1) is 12.2 Å². The van der Waals surface area contributed by atoms with Crippen LogP contribution in [0.2, 0.25) is 5.02 Å². The van der Waals surface area contributed by atoms with Gasteiger partial charge in [0.25, 0.3) is 0 Å². The van der Waals surface area contributed by atoms with Gasteiger partial charge in [0.2, 0.25) is 5.96 Å². The van der Waals surface area contributed by atoms with Gasteiger partial charge in [0, 0.05) is 50.8 Å². The summed E-state index contributed by atoms with van der Waals surface area (Å²) in [5.74, 6) is 1.06. The van der Waals surface area contributed by atoms with Crippen molar-refractivity contribution in [2.75, 3.05) is 13.1 Å². The molecule has 1 N–H and O–H groups in total. The summed E-state index contributed by atoms with van der Waals surface area (Å²) in [6.07, 6.45) is 10.5. The van der Waals surface area contributed by atoms with Gasteiger partial charge in [-0.15, -0.1) is 0 Å². The minimum absolute atomic E-state index is 0.149. The molecule has 1 atom stereocenters. The molecule has 7 nitrogen and oxygen atoms in total. The summed E-state index contributed by atoms with van der Waals surface area (Å²) in [5.41, 5.74) is 5.76. The molecule has 1 aromatic carbocycles. The van der Waals surface area contributed by atoms with Crippen LogP contribution in [0.4, 0.5) is 0 Å². The van der Waals surface area contributed by atoms with E-state index in [9.17, 15) is 10.5 Å². The van der Waals surface area contributed by atoms with E-state index in [4.69, 9.17) is 16.6 Å². The molecule has 10 heteroatoms. The van der Waals surface area contributed by atoms with E-state index in [-0.39, 0.29) is 5.92 Å². The van der Waals surface area contributed by atoms with E-state index in [1.807, 2.05) is 24.5 Å². The van der Waals surface area contributed by atoms with E-state index in [0.29, 0.717) is 18.4 Å². The third kappa shape index (κ3) is 5.77. The second kappa shape index (κ2) is 11.4. The van der Waals surface area contributed by atoms with Crippen molar-refractivity contribution in [2.24, 2.45) is 10.9 Å². The summed E-state index contributed by atoms with van der Waals surface area (Å²) in [4.78, 5) is 11.7. The normalized spacial score (nSPS) is 17.9. The second-order valence-corrected chi connectivity index (χ2v) is 11.6. The third-order valence-electron chi connectivity index (χ3n) is 7.14. The highest BCUT2D eigenvalue weighted by molar-refractivity contribution is 9.10. The number of hydrogen-bond donors (Lipinski definition) is 1. The predicted octanol–water partition coefficient (Wildman–Crippen LogP) is 5.46. The first-order valence-electron chi connectivity index (χ1n) is 12.2. The van der Waals surface area contributed by atoms with Gasteiger partial charge >= 0.3 is 0 Å². The van der Waals surface area contributed by atoms with Crippen molar-refractivity contribution in [3.63, 3.8) is 0 Å². The van der Waals surface area contributed by atoms with Crippen molar-refractivity contribution in [2.45, 2.75) is 38.1 Å². The number of piperidine rings is 1. The molecule has 3 heterocycles. The zero-order valence-electron chi connectivity index (χ0n) is 20.0. The fourth-order valence-electron chi connectivity index (χ4n) is 5.50. The molecule has 1 saturated heterocycles. The Bertz CT molecular complexity index is 1380. The Morgan fingerprint density at radius 1 is 1.24 bits per heavy atom. The molecule has 1 aliphatic heterocycles. The van der Waals surface area contributed by atoms with E-state index in [2.05, 4.69) is 59.2 Å². The quantitative estimate of drug-likeness (QED) is 0.102. The van der Waals surface area contributed by atoms with Crippen LogP contribution in [0.25, 0.3) is 0 Å². The molecule has 0 saturated carbocycles. The molecule has 2 aliphatic rings. The standard InChI is InChI=1S/C27H25Br2ClN6O/c28-21-10-20-4-3-19-11-22(30)12-23(29)24(19)25(26(20)32-14-21)18-5-8-35(9-6-18)27(34-16-31)33-13-17-2-1-7-36(37)15-17/h1-2,7,10-12,14-15,18,25H,3-6,8-9,13H2,(H,33,34)/t25-/m1/s1. The SMILES string of the molecule is N#CNC(=NCc1ccc[n+]([O-])c1)N1CCC([C@H]2c3ncc(Br)cc3CCc3cc(Cl)cc(Br)c32)CC1. The van der Waals surface area contributed by atoms with E-state index >= 15 is 0 Å². The number of benzene rings is 1. The first-order valence-corrected chi connectivity index (χ1v) is 14.1. The number of likely N-dealkylation sites (tertiary alicyclic amines) is 1. The van der Waals surface area contributed by atoms with E-state index in [1.54, 1.807) is 6.07 Å². The highest BCUT2D eigenvalue weighted by atomic mass is 79.9. The number of aliphatic imine (C=N–C) groups is 1. The number of pyridine rings is 2. The number of rotatable bonds is 3. The molecule has 0 unspecified atom stereocenters. The number of guanidine groups is 1. The van der Waals surface area contributed by atoms with Crippen LogP contribution in [0, 0.1) is 22.6 Å². The van der Waals surface area contributed by atoms with Crippen LogP contribution in [0.3, 0.4) is 0 Å². The van der Waals surface area contributed by atoms with Gasteiger partial charge in [0.15, 0.2) is 18.6 Å². The lowest BCUT2D eigenvalue weighted by Crippen LogP contribution is -2.45. The monoisotopic (exact) mass is 642 g/mol. The maximum absolute atomic E-state index is 11.6. The molecule has 0 bridgehead atoms. The summed E-state index contributed by atoms with van der Waals surface area (Å²) in [5, 5.41) is 24.4. The number of hydrogen-bond acceptors (Lipinski definition) is 4. The number of aromatic nitrogens is 2. The Balaban J connectivity index is 1.41. The van der Waals surface area contributed by atoms with Crippen molar-refractivity contribution in [1.82, 2.24) is 15.2 Å². The molecule has 3 aromatic rings. The van der Waals surface area contributed by atoms with Crippen molar-refractivity contribution in [1.29, 1.82) is 5.26 Å². The number of nitrogens with zero attached hydrogens (tertiary/aromatic N) is 5. The fraction of sp³-hybridized carbons (Fsp3) is 0.333. The fourth-order valence-corrected chi connectivity index (χ4v) is 7.00. The summed E-state index contributed by atoms with van der Waals surface area (Å²) in [7, 11) is 0. The van der Waals surface area contributed by atoms with Crippen molar-refractivity contribution in [3.05, 3.63) is 96.0 Å². The number of nitrogens with one attached hydrogen (secondary N) is 1. The summed E-state index contributed by atoms with van der Waals surface area (Å²) in [6, 6.07) is 9.83. The van der Waals surface area contributed by atoms with Gasteiger partial charge in [-0.25, -0.2) is 4.99 Å². The molecule has 5 rings (SSSR count). The predicted molar refractivity (Wildman–Crippen MR) is 150 cm³/mol. The van der Waals surface area contributed by atoms with Crippen LogP contribution in [-0.2, 0) is 19.4 Å². The van der Waals surface area contributed by atoms with Crippen molar-refractivity contribution >= 4 is 49.4 Å². The molecule has 0 radical (unpaired) electrons. The highest BCUT2D eigenvalue weighted by Crippen LogP contribution is 2.46. The molecular formula is C27H25Br2ClN6O. The number of nitriles is 1. The zero-order valence-corrected chi connectivity index (χ0v) is 23.9. The smallest absolute Gasteiger partial charge is 0.207 e. The largest absolute Gasteiger partial charge is 0.619 e. The van der Waals surface area contributed by atoms with Crippen LogP contribution >= 0.6 is 43.5 Å². The van der Waals surface area contributed by atoms with Gasteiger partial charge in [-0.3, -0.25) is 10.3 Å². The second-order valence-electron chi connectivity index (χ2n) is 9.41. The minimum Gasteiger partial charge on any atom is -0.619 e. The van der Waals surface area contributed by atoms with Crippen molar-refractivity contribution < 1.29 is 4.73 Å². The minimum atomic E-state index is 0.149. The van der Waals surface area contributed by atoms with Crippen LogP contribution in [0.1, 0.15) is 46.7 Å². The van der Waals surface area contributed by atoms with Crippen LogP contribution < -0.4 is 10.0 Å². The first-order chi connectivity index (χ1) is 17.9. The molecular weight excluding hydrogens is 620 g/mol. The molecule has 1 aliphatic carbocycles. The van der Waals surface area contributed by atoms with E-state index in [0.717, 1.165) is 68.7 Å². The maximum atomic E-state index is 11.6. The molecule has 1 fully saturated rings. The first kappa shape index (κ1) is 26.0. The maximum Gasteiger partial charge on any atom is 0.207 e. The van der Waals surface area contributed by atoms with Gasteiger partial charge < -0.3 is 10.1 Å².